The van der Waals surface area contributed by atoms with Crippen LogP contribution in [0.1, 0.15) is 88.5 Å². The lowest BCUT2D eigenvalue weighted by molar-refractivity contribution is -0.282. The Bertz CT molecular complexity index is 1420. The molecule has 1 N–H and O–H groups in total. The summed E-state index contributed by atoms with van der Waals surface area (Å²) in [6, 6.07) is -0.679. The summed E-state index contributed by atoms with van der Waals surface area (Å²) in [4.78, 5) is 62.1. The molecular weight excluding hydrogens is 658 g/mol. The predicted octanol–water partition coefficient (Wildman–Crippen LogP) is 3.95. The van der Waals surface area contributed by atoms with E-state index in [-0.39, 0.29) is 43.3 Å². The lowest BCUT2D eigenvalue weighted by atomic mass is 9.71. The standard InChI is InChI=1S/C38H59N3O10/c1-13-27-38(10)30(40-35(45)51-38)24(5)29(42)21(2)20-37(9,47-17-14-15-28-39-16-18-46-28)32(25(6)31(43)36(7,8)34(44)49-27)50-33-23(4)26(41(11)12)19-22(3)48-33/h21-27,30,32-33H,13,16-20H2,1-12H3,(H,40,45)/t21-,22-,23-,24+,25+,26+,27-,30-,32-,33+,37+,38-/m1/s1. The van der Waals surface area contributed by atoms with Gasteiger partial charge in [-0.1, -0.05) is 40.5 Å². The Morgan fingerprint density at radius 3 is 2.31 bits per heavy atom. The zero-order chi connectivity index (χ0) is 38.1. The molecule has 0 unspecified atom stereocenters. The molecule has 0 saturated carbocycles. The number of aliphatic imine (C=N–C) groups is 1. The smallest absolute Gasteiger partial charge is 0.408 e. The van der Waals surface area contributed by atoms with Crippen LogP contribution in [0, 0.1) is 40.9 Å². The number of amides is 1. The number of ketones is 2. The summed E-state index contributed by atoms with van der Waals surface area (Å²) < 4.78 is 37.2. The molecule has 0 spiro atoms. The van der Waals surface area contributed by atoms with Crippen molar-refractivity contribution in [3.8, 4) is 11.8 Å². The average molecular weight is 718 g/mol. The first-order valence-corrected chi connectivity index (χ1v) is 18.3. The molecule has 4 aliphatic heterocycles. The lowest BCUT2D eigenvalue weighted by Gasteiger charge is -2.48. The Labute approximate surface area is 303 Å². The third-order valence-electron chi connectivity index (χ3n) is 11.4. The van der Waals surface area contributed by atoms with Crippen LogP contribution in [-0.2, 0) is 42.8 Å². The fourth-order valence-electron chi connectivity index (χ4n) is 8.36. The number of fused-ring (bicyclic) bond motifs is 1. The maximum atomic E-state index is 14.7. The summed E-state index contributed by atoms with van der Waals surface area (Å²) in [6.45, 7) is 18.6. The van der Waals surface area contributed by atoms with Crippen LogP contribution >= 0.6 is 0 Å². The molecule has 286 valence electrons. The third kappa shape index (κ3) is 8.45. The summed E-state index contributed by atoms with van der Waals surface area (Å²) in [6.07, 6.45) is -2.29. The summed E-state index contributed by atoms with van der Waals surface area (Å²) in [7, 11) is 4.03. The topological polar surface area (TPSA) is 151 Å². The first-order chi connectivity index (χ1) is 23.8. The van der Waals surface area contributed by atoms with E-state index in [1.807, 2.05) is 34.9 Å². The van der Waals surface area contributed by atoms with E-state index in [0.717, 1.165) is 6.42 Å². The quantitative estimate of drug-likeness (QED) is 0.242. The van der Waals surface area contributed by atoms with E-state index in [1.54, 1.807) is 27.7 Å². The molecule has 3 saturated heterocycles. The molecule has 0 aromatic heterocycles. The second-order valence-electron chi connectivity index (χ2n) is 16.0. The van der Waals surface area contributed by atoms with Crippen LogP contribution in [0.15, 0.2) is 4.99 Å². The zero-order valence-electron chi connectivity index (χ0n) is 32.5. The monoisotopic (exact) mass is 717 g/mol. The average Bonchev–Trinajstić information content (AvgIpc) is 3.70. The van der Waals surface area contributed by atoms with Crippen LogP contribution < -0.4 is 5.32 Å². The highest BCUT2D eigenvalue weighted by molar-refractivity contribution is 6.04. The van der Waals surface area contributed by atoms with Crippen molar-refractivity contribution in [3.05, 3.63) is 0 Å². The van der Waals surface area contributed by atoms with Gasteiger partial charge in [0.1, 0.15) is 30.5 Å². The Hall–Kier alpha value is -3.05. The summed E-state index contributed by atoms with van der Waals surface area (Å²) in [5, 5.41) is 2.81. The Morgan fingerprint density at radius 1 is 1.02 bits per heavy atom. The molecule has 0 aromatic rings. The van der Waals surface area contributed by atoms with Gasteiger partial charge >= 0.3 is 12.1 Å². The fourth-order valence-corrected chi connectivity index (χ4v) is 8.36. The summed E-state index contributed by atoms with van der Waals surface area (Å²) in [5.41, 5.74) is -4.31. The highest BCUT2D eigenvalue weighted by Gasteiger charge is 2.58. The number of hydrogen-bond donors (Lipinski definition) is 1. The molecule has 3 fully saturated rings. The van der Waals surface area contributed by atoms with E-state index in [2.05, 4.69) is 34.0 Å². The van der Waals surface area contributed by atoms with E-state index in [4.69, 9.17) is 28.4 Å². The van der Waals surface area contributed by atoms with Gasteiger partial charge in [0.15, 0.2) is 17.7 Å². The molecule has 0 aromatic carbocycles. The molecule has 51 heavy (non-hydrogen) atoms. The van der Waals surface area contributed by atoms with E-state index in [9.17, 15) is 19.2 Å². The number of nitrogens with one attached hydrogen (secondary N) is 1. The maximum Gasteiger partial charge on any atom is 0.408 e. The minimum Gasteiger partial charge on any atom is -0.470 e. The van der Waals surface area contributed by atoms with Gasteiger partial charge in [-0.25, -0.2) is 9.79 Å². The zero-order valence-corrected chi connectivity index (χ0v) is 32.5. The maximum absolute atomic E-state index is 14.7. The third-order valence-corrected chi connectivity index (χ3v) is 11.4. The van der Waals surface area contributed by atoms with Crippen molar-refractivity contribution in [1.82, 2.24) is 10.2 Å². The van der Waals surface area contributed by atoms with Gasteiger partial charge in [0.2, 0.25) is 0 Å². The van der Waals surface area contributed by atoms with Crippen molar-refractivity contribution in [3.63, 3.8) is 0 Å². The molecule has 4 heterocycles. The van der Waals surface area contributed by atoms with Crippen molar-refractivity contribution in [1.29, 1.82) is 0 Å². The Balaban J connectivity index is 1.83. The van der Waals surface area contributed by atoms with Gasteiger partial charge in [-0.05, 0) is 73.9 Å². The molecule has 1 amide bonds. The SMILES string of the molecule is CC[C@H]1OC(=O)C(C)(C)C(=O)[C@H](C)[C@@H](O[C@@H]2O[C@H](C)C[C@H](N(C)C)[C@H]2C)[C@@](C)(OCC#CC2=NCCO2)C[C@@H](C)C(=O)[C@H](C)[C@H]2NC(=O)O[C@@]21C. The second kappa shape index (κ2) is 15.9. The van der Waals surface area contributed by atoms with Crippen molar-refractivity contribution in [2.45, 2.75) is 136 Å². The van der Waals surface area contributed by atoms with E-state index < -0.39 is 76.8 Å². The first-order valence-electron chi connectivity index (χ1n) is 18.3. The highest BCUT2D eigenvalue weighted by Crippen LogP contribution is 2.42. The fraction of sp³-hybridized carbons (Fsp3) is 0.816. The van der Waals surface area contributed by atoms with Crippen LogP contribution in [0.2, 0.25) is 0 Å². The Morgan fingerprint density at radius 2 is 1.71 bits per heavy atom. The summed E-state index contributed by atoms with van der Waals surface area (Å²) in [5.74, 6) is 2.42. The van der Waals surface area contributed by atoms with Crippen LogP contribution in [-0.4, -0.2) is 116 Å². The Kier molecular flexibility index (Phi) is 12.7. The normalized spacial score (nSPS) is 40.5. The molecule has 0 radical (unpaired) electrons. The summed E-state index contributed by atoms with van der Waals surface area (Å²) >= 11 is 0. The van der Waals surface area contributed by atoms with E-state index >= 15 is 0 Å². The molecule has 4 rings (SSSR count). The van der Waals surface area contributed by atoms with E-state index in [1.165, 1.54) is 13.8 Å². The number of rotatable bonds is 6. The molecule has 13 heteroatoms. The second-order valence-corrected chi connectivity index (χ2v) is 16.0. The number of carbonyl (C=O) groups excluding carboxylic acids is 4. The van der Waals surface area contributed by atoms with Crippen LogP contribution in [0.3, 0.4) is 0 Å². The molecular formula is C38H59N3O10. The molecule has 0 bridgehead atoms. The minimum absolute atomic E-state index is 0.0812. The van der Waals surface area contributed by atoms with Gasteiger partial charge in [0.05, 0.1) is 30.4 Å². The molecule has 0 aliphatic carbocycles. The molecule has 13 nitrogen and oxygen atoms in total. The van der Waals surface area contributed by atoms with Crippen molar-refractivity contribution < 1.29 is 47.6 Å². The van der Waals surface area contributed by atoms with Crippen LogP contribution in [0.4, 0.5) is 4.79 Å². The number of esters is 1. The van der Waals surface area contributed by atoms with Crippen molar-refractivity contribution in [2.75, 3.05) is 33.9 Å². The number of alkyl carbamates (subject to hydrolysis) is 1. The number of hydrogen-bond acceptors (Lipinski definition) is 12. The van der Waals surface area contributed by atoms with Crippen molar-refractivity contribution >= 4 is 29.5 Å². The first kappa shape index (κ1) is 40.7. The number of ether oxygens (including phenoxy) is 6. The number of carbonyl (C=O) groups is 4. The van der Waals surface area contributed by atoms with E-state index in [0.29, 0.717) is 19.0 Å². The molecule has 4 aliphatic rings. The van der Waals surface area contributed by atoms with Gasteiger partial charge in [0.25, 0.3) is 5.90 Å². The van der Waals surface area contributed by atoms with Crippen molar-refractivity contribution in [2.24, 2.45) is 34.1 Å². The highest BCUT2D eigenvalue weighted by atomic mass is 16.7. The van der Waals surface area contributed by atoms with Gasteiger partial charge in [-0.3, -0.25) is 14.4 Å². The van der Waals surface area contributed by atoms with Gasteiger partial charge < -0.3 is 38.6 Å². The number of Topliss-reactive ketones (excluding diaryl/α,β-unsaturated/α-hetero) is 2. The van der Waals surface area contributed by atoms with Crippen LogP contribution in [0.25, 0.3) is 0 Å². The van der Waals surface area contributed by atoms with Gasteiger partial charge in [-0.15, -0.1) is 0 Å². The lowest BCUT2D eigenvalue weighted by Crippen LogP contribution is -2.60. The number of nitrogens with zero attached hydrogens (tertiary/aromatic N) is 2. The van der Waals surface area contributed by atoms with Gasteiger partial charge in [-0.2, -0.15) is 0 Å². The van der Waals surface area contributed by atoms with Gasteiger partial charge in [0, 0.05) is 29.7 Å². The largest absolute Gasteiger partial charge is 0.470 e. The number of cyclic esters (lactones) is 1. The predicted molar refractivity (Wildman–Crippen MR) is 189 cm³/mol. The minimum atomic E-state index is -1.63. The molecule has 12 atom stereocenters. The van der Waals surface area contributed by atoms with Crippen LogP contribution in [0.5, 0.6) is 0 Å².